The summed E-state index contributed by atoms with van der Waals surface area (Å²) in [6.07, 6.45) is 0.392. The molecule has 2 aromatic carbocycles. The fourth-order valence-electron chi connectivity index (χ4n) is 2.29. The van der Waals surface area contributed by atoms with Crippen LogP contribution in [0.4, 0.5) is 10.1 Å². The monoisotopic (exact) mass is 384 g/mol. The van der Waals surface area contributed by atoms with E-state index in [9.17, 15) is 14.0 Å². The molecule has 0 aliphatic carbocycles. The first-order valence-electron chi connectivity index (χ1n) is 8.30. The molecule has 0 aliphatic heterocycles. The fourth-order valence-corrected chi connectivity index (χ4v) is 2.98. The van der Waals surface area contributed by atoms with E-state index >= 15 is 0 Å². The number of aromatic amines is 1. The zero-order valence-corrected chi connectivity index (χ0v) is 15.3. The zero-order valence-electron chi connectivity index (χ0n) is 14.5. The summed E-state index contributed by atoms with van der Waals surface area (Å²) in [5, 5.41) is 9.80. The number of hydrogen-bond acceptors (Lipinski definition) is 5. The molecular formula is C19H17FN4O2S. The number of rotatable bonds is 7. The van der Waals surface area contributed by atoms with Gasteiger partial charge in [-0.2, -0.15) is 0 Å². The molecule has 0 spiro atoms. The lowest BCUT2D eigenvalue weighted by Gasteiger charge is -2.04. The molecule has 1 aromatic heterocycles. The average molecular weight is 384 g/mol. The number of halogens is 1. The van der Waals surface area contributed by atoms with Gasteiger partial charge in [0.2, 0.25) is 11.1 Å². The van der Waals surface area contributed by atoms with Crippen LogP contribution in [0.5, 0.6) is 0 Å². The predicted molar refractivity (Wildman–Crippen MR) is 102 cm³/mol. The van der Waals surface area contributed by atoms with Crippen LogP contribution in [0.25, 0.3) is 11.4 Å². The predicted octanol–water partition coefficient (Wildman–Crippen LogP) is 3.93. The smallest absolute Gasteiger partial charge is 0.224 e. The number of carbonyl (C=O) groups is 2. The van der Waals surface area contributed by atoms with Gasteiger partial charge >= 0.3 is 0 Å². The minimum Gasteiger partial charge on any atom is -0.326 e. The maximum atomic E-state index is 13.8. The molecule has 1 amide bonds. The fraction of sp³-hybridized carbons (Fsp3) is 0.158. The summed E-state index contributed by atoms with van der Waals surface area (Å²) in [7, 11) is 0. The Labute approximate surface area is 159 Å². The maximum absolute atomic E-state index is 13.8. The van der Waals surface area contributed by atoms with Crippen LogP contribution < -0.4 is 5.32 Å². The van der Waals surface area contributed by atoms with E-state index in [2.05, 4.69) is 20.5 Å². The van der Waals surface area contributed by atoms with E-state index in [1.165, 1.54) is 17.8 Å². The van der Waals surface area contributed by atoms with Crippen molar-refractivity contribution in [1.29, 1.82) is 0 Å². The summed E-state index contributed by atoms with van der Waals surface area (Å²) in [4.78, 5) is 27.9. The van der Waals surface area contributed by atoms with Crippen molar-refractivity contribution in [1.82, 2.24) is 15.2 Å². The van der Waals surface area contributed by atoms with E-state index in [0.717, 1.165) is 0 Å². The van der Waals surface area contributed by atoms with Crippen molar-refractivity contribution in [3.63, 3.8) is 0 Å². The van der Waals surface area contributed by atoms with E-state index in [0.29, 0.717) is 34.2 Å². The Balaban J connectivity index is 1.59. The Bertz CT molecular complexity index is 956. The number of amides is 1. The van der Waals surface area contributed by atoms with Crippen LogP contribution in [0.3, 0.4) is 0 Å². The first-order chi connectivity index (χ1) is 13.1. The number of anilines is 1. The highest BCUT2D eigenvalue weighted by molar-refractivity contribution is 7.99. The number of hydrogen-bond donors (Lipinski definition) is 2. The van der Waals surface area contributed by atoms with E-state index in [1.807, 2.05) is 0 Å². The van der Waals surface area contributed by atoms with E-state index in [-0.39, 0.29) is 17.4 Å². The van der Waals surface area contributed by atoms with Crippen molar-refractivity contribution in [2.45, 2.75) is 18.5 Å². The molecule has 3 aromatic rings. The summed E-state index contributed by atoms with van der Waals surface area (Å²) in [5.74, 6) is -0.101. The average Bonchev–Trinajstić information content (AvgIpc) is 3.15. The molecule has 8 heteroatoms. The lowest BCUT2D eigenvalue weighted by atomic mass is 10.1. The number of H-pyrrole nitrogens is 1. The second-order valence-corrected chi connectivity index (χ2v) is 6.58. The Kier molecular flexibility index (Phi) is 5.97. The topological polar surface area (TPSA) is 87.7 Å². The van der Waals surface area contributed by atoms with Crippen molar-refractivity contribution in [3.8, 4) is 11.4 Å². The second-order valence-electron chi connectivity index (χ2n) is 5.64. The molecule has 0 unspecified atom stereocenters. The Morgan fingerprint density at radius 3 is 2.59 bits per heavy atom. The van der Waals surface area contributed by atoms with Gasteiger partial charge in [0.1, 0.15) is 5.82 Å². The van der Waals surface area contributed by atoms with Gasteiger partial charge in [-0.25, -0.2) is 9.37 Å². The standard InChI is InChI=1S/C19H17FN4O2S/c1-2-17(26)21-13-9-7-12(8-10-13)16(25)11-27-19-22-18(23-24-19)14-5-3-4-6-15(14)20/h3-10H,2,11H2,1H3,(H,21,26)(H,22,23,24). The van der Waals surface area contributed by atoms with Crippen molar-refractivity contribution in [2.24, 2.45) is 0 Å². The van der Waals surface area contributed by atoms with Crippen LogP contribution in [-0.2, 0) is 4.79 Å². The Morgan fingerprint density at radius 2 is 1.89 bits per heavy atom. The van der Waals surface area contributed by atoms with Crippen LogP contribution in [0.2, 0.25) is 0 Å². The van der Waals surface area contributed by atoms with Gasteiger partial charge in [0.15, 0.2) is 11.6 Å². The van der Waals surface area contributed by atoms with Crippen molar-refractivity contribution < 1.29 is 14.0 Å². The molecule has 0 atom stereocenters. The van der Waals surface area contributed by atoms with Gasteiger partial charge in [-0.3, -0.25) is 14.7 Å². The molecule has 3 rings (SSSR count). The molecule has 2 N–H and O–H groups in total. The maximum Gasteiger partial charge on any atom is 0.224 e. The third-order valence-electron chi connectivity index (χ3n) is 3.74. The highest BCUT2D eigenvalue weighted by Gasteiger charge is 2.13. The number of Topliss-reactive ketones (excluding diaryl/α,β-unsaturated/α-hetero) is 1. The molecule has 0 aliphatic rings. The van der Waals surface area contributed by atoms with E-state index in [4.69, 9.17) is 0 Å². The summed E-state index contributed by atoms with van der Waals surface area (Å²) in [6, 6.07) is 13.0. The minimum absolute atomic E-state index is 0.0834. The third-order valence-corrected chi connectivity index (χ3v) is 4.59. The lowest BCUT2D eigenvalue weighted by Crippen LogP contribution is -2.09. The van der Waals surface area contributed by atoms with Gasteiger partial charge in [0, 0.05) is 17.7 Å². The summed E-state index contributed by atoms with van der Waals surface area (Å²) >= 11 is 1.17. The molecule has 138 valence electrons. The van der Waals surface area contributed by atoms with Crippen LogP contribution in [0.15, 0.2) is 53.7 Å². The van der Waals surface area contributed by atoms with Gasteiger partial charge < -0.3 is 5.32 Å². The molecule has 6 nitrogen and oxygen atoms in total. The molecule has 0 saturated carbocycles. The van der Waals surface area contributed by atoms with Crippen molar-refractivity contribution in [3.05, 3.63) is 59.9 Å². The highest BCUT2D eigenvalue weighted by atomic mass is 32.2. The van der Waals surface area contributed by atoms with Gasteiger partial charge in [0.05, 0.1) is 11.3 Å². The van der Waals surface area contributed by atoms with Crippen LogP contribution in [0, 0.1) is 5.82 Å². The number of thioether (sulfide) groups is 1. The summed E-state index contributed by atoms with van der Waals surface area (Å²) in [6.45, 7) is 1.77. The number of aromatic nitrogens is 3. The molecule has 0 saturated heterocycles. The molecule has 0 radical (unpaired) electrons. The highest BCUT2D eigenvalue weighted by Crippen LogP contribution is 2.22. The molecule has 1 heterocycles. The number of nitrogens with one attached hydrogen (secondary N) is 2. The van der Waals surface area contributed by atoms with Gasteiger partial charge in [0.25, 0.3) is 0 Å². The number of benzene rings is 2. The van der Waals surface area contributed by atoms with E-state index < -0.39 is 5.82 Å². The minimum atomic E-state index is -0.392. The molecule has 0 bridgehead atoms. The number of nitrogens with zero attached hydrogens (tertiary/aromatic N) is 2. The van der Waals surface area contributed by atoms with Gasteiger partial charge in [-0.1, -0.05) is 30.8 Å². The summed E-state index contributed by atoms with van der Waals surface area (Å²) < 4.78 is 13.8. The van der Waals surface area contributed by atoms with Crippen molar-refractivity contribution in [2.75, 3.05) is 11.1 Å². The second kappa shape index (κ2) is 8.59. The molecule has 0 fully saturated rings. The summed E-state index contributed by atoms with van der Waals surface area (Å²) in [5.41, 5.74) is 1.50. The lowest BCUT2D eigenvalue weighted by molar-refractivity contribution is -0.115. The first kappa shape index (κ1) is 18.8. The number of carbonyl (C=O) groups excluding carboxylic acids is 2. The van der Waals surface area contributed by atoms with Gasteiger partial charge in [-0.15, -0.1) is 5.10 Å². The largest absolute Gasteiger partial charge is 0.326 e. The number of ketones is 1. The SMILES string of the molecule is CCC(=O)Nc1ccc(C(=O)CSc2n[nH]c(-c3ccccc3F)n2)cc1. The first-order valence-corrected chi connectivity index (χ1v) is 9.28. The van der Waals surface area contributed by atoms with Crippen molar-refractivity contribution >= 4 is 29.1 Å². The molecule has 27 heavy (non-hydrogen) atoms. The zero-order chi connectivity index (χ0) is 19.2. The third kappa shape index (κ3) is 4.79. The van der Waals surface area contributed by atoms with Crippen LogP contribution in [-0.4, -0.2) is 32.6 Å². The Hall–Kier alpha value is -3.00. The normalized spacial score (nSPS) is 10.6. The van der Waals surface area contributed by atoms with Crippen LogP contribution in [0.1, 0.15) is 23.7 Å². The van der Waals surface area contributed by atoms with Crippen LogP contribution >= 0.6 is 11.8 Å². The Morgan fingerprint density at radius 1 is 1.15 bits per heavy atom. The molecular weight excluding hydrogens is 367 g/mol. The quantitative estimate of drug-likeness (QED) is 0.476. The van der Waals surface area contributed by atoms with Gasteiger partial charge in [-0.05, 0) is 36.4 Å². The van der Waals surface area contributed by atoms with E-state index in [1.54, 1.807) is 49.4 Å².